The summed E-state index contributed by atoms with van der Waals surface area (Å²) < 4.78 is 36.9. The second-order valence-electron chi connectivity index (χ2n) is 6.36. The van der Waals surface area contributed by atoms with Crippen molar-refractivity contribution in [2.75, 3.05) is 13.1 Å². The number of hydrogen-bond acceptors (Lipinski definition) is 3. The zero-order valence-electron chi connectivity index (χ0n) is 13.1. The summed E-state index contributed by atoms with van der Waals surface area (Å²) >= 11 is 0. The fourth-order valence-electron chi connectivity index (χ4n) is 2.23. The number of rotatable bonds is 2. The van der Waals surface area contributed by atoms with E-state index in [9.17, 15) is 13.6 Å². The summed E-state index contributed by atoms with van der Waals surface area (Å²) in [5.41, 5.74) is -0.518. The lowest BCUT2D eigenvalue weighted by molar-refractivity contribution is 0.0126. The van der Waals surface area contributed by atoms with E-state index in [2.05, 4.69) is 0 Å². The predicted octanol–water partition coefficient (Wildman–Crippen LogP) is 3.74. The van der Waals surface area contributed by atoms with E-state index in [1.807, 2.05) is 20.8 Å². The van der Waals surface area contributed by atoms with Gasteiger partial charge in [0.1, 0.15) is 17.5 Å². The molecule has 1 aliphatic rings. The number of likely N-dealkylation sites (tertiary alicyclic amines) is 1. The molecule has 2 rings (SSSR count). The van der Waals surface area contributed by atoms with Crippen LogP contribution in [0.15, 0.2) is 18.2 Å². The maximum absolute atomic E-state index is 13.1. The molecule has 1 amide bonds. The topological polar surface area (TPSA) is 38.8 Å². The Balaban J connectivity index is 1.84. The van der Waals surface area contributed by atoms with Crippen molar-refractivity contribution < 1.29 is 23.0 Å². The summed E-state index contributed by atoms with van der Waals surface area (Å²) in [6.45, 7) is 6.50. The highest BCUT2D eigenvalue weighted by Crippen LogP contribution is 2.22. The summed E-state index contributed by atoms with van der Waals surface area (Å²) in [5.74, 6) is -1.52. The molecule has 22 heavy (non-hydrogen) atoms. The highest BCUT2D eigenvalue weighted by atomic mass is 19.2. The molecular weight excluding hydrogens is 292 g/mol. The Hall–Kier alpha value is -1.85. The first-order valence-electron chi connectivity index (χ1n) is 7.34. The molecular formula is C16H21F2NO3. The van der Waals surface area contributed by atoms with Crippen molar-refractivity contribution in [2.45, 2.75) is 45.3 Å². The summed E-state index contributed by atoms with van der Waals surface area (Å²) in [7, 11) is 0. The molecule has 1 fully saturated rings. The molecule has 0 unspecified atom stereocenters. The van der Waals surface area contributed by atoms with Crippen LogP contribution in [0.2, 0.25) is 0 Å². The smallest absolute Gasteiger partial charge is 0.410 e. The van der Waals surface area contributed by atoms with Gasteiger partial charge in [-0.25, -0.2) is 13.6 Å². The van der Waals surface area contributed by atoms with Gasteiger partial charge in [0, 0.05) is 32.0 Å². The van der Waals surface area contributed by atoms with Gasteiger partial charge < -0.3 is 14.4 Å². The van der Waals surface area contributed by atoms with Crippen LogP contribution in [-0.2, 0) is 4.74 Å². The molecule has 0 spiro atoms. The molecule has 0 aliphatic carbocycles. The lowest BCUT2D eigenvalue weighted by atomic mass is 10.1. The monoisotopic (exact) mass is 313 g/mol. The molecule has 0 N–H and O–H groups in total. The molecule has 1 heterocycles. The van der Waals surface area contributed by atoms with Gasteiger partial charge >= 0.3 is 6.09 Å². The first-order valence-corrected chi connectivity index (χ1v) is 7.34. The Labute approximate surface area is 129 Å². The third-order valence-corrected chi connectivity index (χ3v) is 3.29. The van der Waals surface area contributed by atoms with E-state index in [1.54, 1.807) is 4.90 Å². The number of hydrogen-bond donors (Lipinski definition) is 0. The van der Waals surface area contributed by atoms with Gasteiger partial charge in [0.25, 0.3) is 0 Å². The maximum Gasteiger partial charge on any atom is 0.410 e. The largest absolute Gasteiger partial charge is 0.490 e. The second kappa shape index (κ2) is 6.50. The van der Waals surface area contributed by atoms with E-state index in [4.69, 9.17) is 9.47 Å². The Kier molecular flexibility index (Phi) is 4.88. The number of benzene rings is 1. The highest BCUT2D eigenvalue weighted by molar-refractivity contribution is 5.68. The molecule has 122 valence electrons. The molecule has 1 aliphatic heterocycles. The second-order valence-corrected chi connectivity index (χ2v) is 6.36. The van der Waals surface area contributed by atoms with E-state index in [0.717, 1.165) is 12.1 Å². The van der Waals surface area contributed by atoms with E-state index >= 15 is 0 Å². The van der Waals surface area contributed by atoms with Crippen molar-refractivity contribution in [1.82, 2.24) is 4.90 Å². The van der Waals surface area contributed by atoms with Crippen molar-refractivity contribution in [3.8, 4) is 5.75 Å². The van der Waals surface area contributed by atoms with Crippen LogP contribution in [0.1, 0.15) is 33.6 Å². The number of amides is 1. The fourth-order valence-corrected chi connectivity index (χ4v) is 2.23. The lowest BCUT2D eigenvalue weighted by Crippen LogP contribution is -2.44. The maximum atomic E-state index is 13.1. The van der Waals surface area contributed by atoms with Crippen LogP contribution in [0.3, 0.4) is 0 Å². The molecule has 0 aromatic heterocycles. The Morgan fingerprint density at radius 1 is 1.18 bits per heavy atom. The number of carbonyl (C=O) groups is 1. The van der Waals surface area contributed by atoms with Gasteiger partial charge in [0.15, 0.2) is 11.6 Å². The zero-order chi connectivity index (χ0) is 16.3. The number of halogens is 2. The van der Waals surface area contributed by atoms with E-state index in [-0.39, 0.29) is 12.2 Å². The van der Waals surface area contributed by atoms with Crippen LogP contribution in [0, 0.1) is 11.6 Å². The Bertz CT molecular complexity index is 535. The summed E-state index contributed by atoms with van der Waals surface area (Å²) in [4.78, 5) is 13.6. The Morgan fingerprint density at radius 2 is 1.82 bits per heavy atom. The molecule has 1 aromatic rings. The van der Waals surface area contributed by atoms with Crippen LogP contribution in [0.4, 0.5) is 13.6 Å². The number of carbonyl (C=O) groups excluding carboxylic acids is 1. The Morgan fingerprint density at radius 3 is 2.36 bits per heavy atom. The van der Waals surface area contributed by atoms with Crippen LogP contribution >= 0.6 is 0 Å². The van der Waals surface area contributed by atoms with Crippen LogP contribution in [-0.4, -0.2) is 35.8 Å². The molecule has 0 saturated carbocycles. The van der Waals surface area contributed by atoms with Gasteiger partial charge in [-0.1, -0.05) is 0 Å². The van der Waals surface area contributed by atoms with Crippen molar-refractivity contribution in [2.24, 2.45) is 0 Å². The summed E-state index contributed by atoms with van der Waals surface area (Å²) in [6.07, 6.45) is 0.790. The van der Waals surface area contributed by atoms with Gasteiger partial charge in [-0.05, 0) is 32.9 Å². The minimum absolute atomic E-state index is 0.122. The predicted molar refractivity (Wildman–Crippen MR) is 77.8 cm³/mol. The average molecular weight is 313 g/mol. The van der Waals surface area contributed by atoms with Crippen molar-refractivity contribution in [1.29, 1.82) is 0 Å². The molecule has 1 saturated heterocycles. The van der Waals surface area contributed by atoms with Gasteiger partial charge in [0.2, 0.25) is 0 Å². The van der Waals surface area contributed by atoms with E-state index in [1.165, 1.54) is 6.07 Å². The van der Waals surface area contributed by atoms with Crippen molar-refractivity contribution >= 4 is 6.09 Å². The number of ether oxygens (including phenoxy) is 2. The third kappa shape index (κ3) is 4.58. The first kappa shape index (κ1) is 16.5. The van der Waals surface area contributed by atoms with Crippen LogP contribution in [0.5, 0.6) is 5.75 Å². The van der Waals surface area contributed by atoms with Crippen LogP contribution < -0.4 is 4.74 Å². The lowest BCUT2D eigenvalue weighted by Gasteiger charge is -2.33. The van der Waals surface area contributed by atoms with E-state index in [0.29, 0.717) is 31.7 Å². The SMILES string of the molecule is CC(C)(C)OC(=O)N1CCC(Oc2ccc(F)c(F)c2)CC1. The normalized spacial score (nSPS) is 16.5. The van der Waals surface area contributed by atoms with Crippen molar-refractivity contribution in [3.05, 3.63) is 29.8 Å². The van der Waals surface area contributed by atoms with Crippen molar-refractivity contribution in [3.63, 3.8) is 0 Å². The standard InChI is InChI=1S/C16H21F2NO3/c1-16(2,3)22-15(20)19-8-6-11(7-9-19)21-12-4-5-13(17)14(18)10-12/h4-5,10-11H,6-9H2,1-3H3. The average Bonchev–Trinajstić information content (AvgIpc) is 2.42. The fraction of sp³-hybridized carbons (Fsp3) is 0.562. The summed E-state index contributed by atoms with van der Waals surface area (Å²) in [6, 6.07) is 3.48. The highest BCUT2D eigenvalue weighted by Gasteiger charge is 2.27. The molecule has 0 radical (unpaired) electrons. The molecule has 0 bridgehead atoms. The minimum Gasteiger partial charge on any atom is -0.490 e. The van der Waals surface area contributed by atoms with Gasteiger partial charge in [-0.3, -0.25) is 0 Å². The minimum atomic E-state index is -0.927. The first-order chi connectivity index (χ1) is 10.2. The van der Waals surface area contributed by atoms with Gasteiger partial charge in [0.05, 0.1) is 0 Å². The number of nitrogens with zero attached hydrogens (tertiary/aromatic N) is 1. The number of piperidine rings is 1. The zero-order valence-corrected chi connectivity index (χ0v) is 13.1. The molecule has 6 heteroatoms. The summed E-state index contributed by atoms with van der Waals surface area (Å²) in [5, 5.41) is 0. The van der Waals surface area contributed by atoms with Gasteiger partial charge in [-0.2, -0.15) is 0 Å². The van der Waals surface area contributed by atoms with Gasteiger partial charge in [-0.15, -0.1) is 0 Å². The van der Waals surface area contributed by atoms with E-state index < -0.39 is 17.2 Å². The third-order valence-electron chi connectivity index (χ3n) is 3.29. The molecule has 1 aromatic carbocycles. The quantitative estimate of drug-likeness (QED) is 0.835. The molecule has 4 nitrogen and oxygen atoms in total. The van der Waals surface area contributed by atoms with Crippen LogP contribution in [0.25, 0.3) is 0 Å². The molecule has 0 atom stereocenters.